The summed E-state index contributed by atoms with van der Waals surface area (Å²) in [6.45, 7) is 0.301. The zero-order valence-electron chi connectivity index (χ0n) is 7.93. The van der Waals surface area contributed by atoms with Crippen LogP contribution in [0.1, 0.15) is 14.3 Å². The fourth-order valence-corrected chi connectivity index (χ4v) is 1.49. The molecule has 0 amide bonds. The van der Waals surface area contributed by atoms with E-state index in [0.717, 1.165) is 0 Å². The molecule has 3 N–H and O–H groups in total. The third-order valence-electron chi connectivity index (χ3n) is 1.05. The normalized spacial score (nSPS) is 11.2. The molecule has 5 nitrogen and oxygen atoms in total. The van der Waals surface area contributed by atoms with Gasteiger partial charge in [-0.2, -0.15) is 0 Å². The largest absolute Gasteiger partial charge is 1.00 e. The molecule has 0 aromatic carbocycles. The molecule has 0 bridgehead atoms. The molecule has 0 saturated heterocycles. The van der Waals surface area contributed by atoms with Crippen molar-refractivity contribution >= 4 is 17.5 Å². The van der Waals surface area contributed by atoms with Crippen LogP contribution in [0.15, 0.2) is 0 Å². The Morgan fingerprint density at radius 3 is 2.33 bits per heavy atom. The zero-order chi connectivity index (χ0) is 8.74. The Morgan fingerprint density at radius 1 is 1.33 bits per heavy atom. The Kier molecular flexibility index (Phi) is 11.4. The second-order valence-corrected chi connectivity index (χ2v) is 4.60. The van der Waals surface area contributed by atoms with Crippen molar-refractivity contribution in [3.05, 3.63) is 0 Å². The van der Waals surface area contributed by atoms with Gasteiger partial charge in [-0.3, -0.25) is 4.52 Å². The molecule has 0 heterocycles. The van der Waals surface area contributed by atoms with Gasteiger partial charge in [-0.1, -0.05) is 0 Å². The fourth-order valence-electron chi connectivity index (χ4n) is 0.566. The summed E-state index contributed by atoms with van der Waals surface area (Å²) >= 11 is 0. The Morgan fingerprint density at radius 2 is 1.92 bits per heavy atom. The van der Waals surface area contributed by atoms with E-state index in [1.807, 2.05) is 0 Å². The maximum absolute atomic E-state index is 9.70. The van der Waals surface area contributed by atoms with Crippen LogP contribution in [-0.4, -0.2) is 29.8 Å². The van der Waals surface area contributed by atoms with Crippen molar-refractivity contribution < 1.29 is 54.5 Å². The van der Waals surface area contributed by atoms with Gasteiger partial charge >= 0.3 is 47.0 Å². The molecule has 0 atom stereocenters. The van der Waals surface area contributed by atoms with Crippen molar-refractivity contribution in [1.29, 1.82) is 0 Å². The molecular formula is C4H12NaO5PSi. The first kappa shape index (κ1) is 15.6. The average Bonchev–Trinajstić information content (AvgIpc) is 1.85. The molecule has 68 valence electrons. The quantitative estimate of drug-likeness (QED) is 0.254. The SMILES string of the molecule is O=POCCCC[Si](O)(O)O.[H-].[Na+]. The summed E-state index contributed by atoms with van der Waals surface area (Å²) in [7, 11) is -4.22. The first-order valence-corrected chi connectivity index (χ1v) is 5.96. The van der Waals surface area contributed by atoms with Crippen molar-refractivity contribution in [1.82, 2.24) is 0 Å². The maximum Gasteiger partial charge on any atom is 1.00 e. The number of rotatable bonds is 6. The molecule has 0 fully saturated rings. The number of unbranched alkanes of at least 4 members (excludes halogenated alkanes) is 1. The summed E-state index contributed by atoms with van der Waals surface area (Å²) in [6.07, 6.45) is 1.02. The Bertz CT molecular complexity index is 124. The summed E-state index contributed by atoms with van der Waals surface area (Å²) in [5.41, 5.74) is 0. The van der Waals surface area contributed by atoms with E-state index in [0.29, 0.717) is 19.4 Å². The van der Waals surface area contributed by atoms with E-state index in [4.69, 9.17) is 14.4 Å². The Hall–Kier alpha value is 1.16. The van der Waals surface area contributed by atoms with E-state index in [2.05, 4.69) is 4.52 Å². The molecule has 0 unspecified atom stereocenters. The summed E-state index contributed by atoms with van der Waals surface area (Å²) < 4.78 is 14.1. The van der Waals surface area contributed by atoms with Gasteiger partial charge in [0.05, 0.1) is 6.61 Å². The fraction of sp³-hybridized carbons (Fsp3) is 1.00. The van der Waals surface area contributed by atoms with Crippen LogP contribution in [0.5, 0.6) is 0 Å². The summed E-state index contributed by atoms with van der Waals surface area (Å²) in [6, 6.07) is 0.00606. The van der Waals surface area contributed by atoms with E-state index in [1.54, 1.807) is 0 Å². The molecule has 0 aliphatic rings. The van der Waals surface area contributed by atoms with Gasteiger partial charge in [-0.25, -0.2) is 4.57 Å². The van der Waals surface area contributed by atoms with E-state index in [1.165, 1.54) is 0 Å². The molecule has 0 aliphatic carbocycles. The zero-order valence-corrected chi connectivity index (χ0v) is 10.8. The predicted octanol–water partition coefficient (Wildman–Crippen LogP) is -2.98. The summed E-state index contributed by atoms with van der Waals surface area (Å²) in [4.78, 5) is 25.6. The minimum absolute atomic E-state index is 0. The van der Waals surface area contributed by atoms with Crippen molar-refractivity contribution in [2.75, 3.05) is 6.61 Å². The van der Waals surface area contributed by atoms with Crippen LogP contribution in [-0.2, 0) is 9.09 Å². The van der Waals surface area contributed by atoms with Gasteiger partial charge in [0.25, 0.3) is 0 Å². The molecule has 0 aromatic heterocycles. The topological polar surface area (TPSA) is 87.0 Å². The van der Waals surface area contributed by atoms with Gasteiger partial charge in [0.1, 0.15) is 0 Å². The maximum atomic E-state index is 9.70. The summed E-state index contributed by atoms with van der Waals surface area (Å²) in [5.74, 6) is 0. The molecule has 0 rings (SSSR count). The number of hydrogen-bond donors (Lipinski definition) is 3. The van der Waals surface area contributed by atoms with Gasteiger partial charge < -0.3 is 15.8 Å². The molecular weight excluding hydrogens is 210 g/mol. The monoisotopic (exact) mass is 222 g/mol. The molecule has 0 saturated carbocycles. The van der Waals surface area contributed by atoms with E-state index >= 15 is 0 Å². The van der Waals surface area contributed by atoms with Crippen LogP contribution in [0.4, 0.5) is 0 Å². The molecule has 0 aromatic rings. The van der Waals surface area contributed by atoms with Crippen molar-refractivity contribution in [2.45, 2.75) is 18.9 Å². The predicted molar refractivity (Wildman–Crippen MR) is 41.1 cm³/mol. The average molecular weight is 222 g/mol. The third kappa shape index (κ3) is 13.7. The first-order valence-electron chi connectivity index (χ1n) is 3.18. The van der Waals surface area contributed by atoms with Gasteiger partial charge in [-0.15, -0.1) is 0 Å². The van der Waals surface area contributed by atoms with Gasteiger partial charge in [0, 0.05) is 6.04 Å². The molecule has 8 heteroatoms. The molecule has 12 heavy (non-hydrogen) atoms. The van der Waals surface area contributed by atoms with Crippen LogP contribution in [0.3, 0.4) is 0 Å². The van der Waals surface area contributed by atoms with E-state index < -0.39 is 8.80 Å². The standard InChI is InChI=1S/C4H11O5PSi.Na.H/c5-10-9-3-1-2-4-11(6,7)8;;/h6-8H,1-4H2;;/q;+1;-1. The minimum Gasteiger partial charge on any atom is -1.00 e. The molecule has 0 spiro atoms. The van der Waals surface area contributed by atoms with E-state index in [9.17, 15) is 4.57 Å². The second-order valence-electron chi connectivity index (χ2n) is 2.14. The van der Waals surface area contributed by atoms with E-state index in [-0.39, 0.29) is 45.7 Å². The van der Waals surface area contributed by atoms with Crippen LogP contribution < -0.4 is 29.6 Å². The smallest absolute Gasteiger partial charge is 1.00 e. The minimum atomic E-state index is -3.85. The first-order chi connectivity index (χ1) is 5.06. The molecule has 0 radical (unpaired) electrons. The second kappa shape index (κ2) is 8.74. The third-order valence-corrected chi connectivity index (χ3v) is 2.36. The van der Waals surface area contributed by atoms with Gasteiger partial charge in [0.15, 0.2) is 0 Å². The Labute approximate surface area is 97.2 Å². The Balaban J connectivity index is -0.000000500. The van der Waals surface area contributed by atoms with Crippen LogP contribution in [0.25, 0.3) is 0 Å². The number of hydrogen-bond acceptors (Lipinski definition) is 5. The van der Waals surface area contributed by atoms with Crippen LogP contribution in [0, 0.1) is 0 Å². The van der Waals surface area contributed by atoms with Crippen molar-refractivity contribution in [2.24, 2.45) is 0 Å². The van der Waals surface area contributed by atoms with Crippen molar-refractivity contribution in [3.8, 4) is 0 Å². The summed E-state index contributed by atoms with van der Waals surface area (Å²) in [5, 5.41) is 0. The van der Waals surface area contributed by atoms with Crippen molar-refractivity contribution in [3.63, 3.8) is 0 Å². The molecule has 0 aliphatic heterocycles. The van der Waals surface area contributed by atoms with Gasteiger partial charge in [0.2, 0.25) is 0 Å². The van der Waals surface area contributed by atoms with Crippen LogP contribution >= 0.6 is 8.69 Å². The van der Waals surface area contributed by atoms with Crippen LogP contribution in [0.2, 0.25) is 6.04 Å². The van der Waals surface area contributed by atoms with Gasteiger partial charge in [-0.05, 0) is 12.8 Å².